The van der Waals surface area contributed by atoms with Gasteiger partial charge in [-0.15, -0.1) is 0 Å². The minimum absolute atomic E-state index is 0.00262. The van der Waals surface area contributed by atoms with Crippen molar-refractivity contribution in [2.75, 3.05) is 33.8 Å². The second kappa shape index (κ2) is 11.8. The van der Waals surface area contributed by atoms with Crippen molar-refractivity contribution in [3.8, 4) is 11.1 Å². The van der Waals surface area contributed by atoms with E-state index in [0.717, 1.165) is 22.3 Å². The van der Waals surface area contributed by atoms with Gasteiger partial charge in [-0.3, -0.25) is 9.59 Å². The average molecular weight is 482 g/mol. The first-order chi connectivity index (χ1) is 16.7. The van der Waals surface area contributed by atoms with Gasteiger partial charge in [0.25, 0.3) is 0 Å². The summed E-state index contributed by atoms with van der Waals surface area (Å²) in [6.45, 7) is 4.27. The number of likely N-dealkylation sites (N-methyl/N-ethyl adjacent to an activating group) is 1. The summed E-state index contributed by atoms with van der Waals surface area (Å²) in [6, 6.07) is 15.3. The number of nitrogens with zero attached hydrogens (tertiary/aromatic N) is 1. The highest BCUT2D eigenvalue weighted by Gasteiger charge is 2.30. The van der Waals surface area contributed by atoms with E-state index >= 15 is 0 Å². The zero-order valence-corrected chi connectivity index (χ0v) is 20.8. The lowest BCUT2D eigenvalue weighted by Crippen LogP contribution is -2.52. The van der Waals surface area contributed by atoms with Gasteiger partial charge in [0.2, 0.25) is 5.91 Å². The fourth-order valence-corrected chi connectivity index (χ4v) is 4.53. The van der Waals surface area contributed by atoms with Gasteiger partial charge in [0, 0.05) is 19.0 Å². The molecule has 2 atom stereocenters. The van der Waals surface area contributed by atoms with Gasteiger partial charge in [-0.1, -0.05) is 62.4 Å². The highest BCUT2D eigenvalue weighted by atomic mass is 16.5. The Kier molecular flexibility index (Phi) is 8.87. The van der Waals surface area contributed by atoms with E-state index in [4.69, 9.17) is 4.74 Å². The molecule has 0 heterocycles. The molecule has 0 bridgehead atoms. The molecule has 0 aromatic heterocycles. The molecule has 0 spiro atoms. The van der Waals surface area contributed by atoms with Crippen molar-refractivity contribution in [3.05, 3.63) is 59.7 Å². The van der Waals surface area contributed by atoms with Crippen molar-refractivity contribution < 1.29 is 24.2 Å². The molecule has 0 saturated heterocycles. The monoisotopic (exact) mass is 481 g/mol. The maximum absolute atomic E-state index is 12.8. The van der Waals surface area contributed by atoms with E-state index in [2.05, 4.69) is 22.8 Å². The van der Waals surface area contributed by atoms with Gasteiger partial charge in [-0.2, -0.15) is 0 Å². The largest absolute Gasteiger partial charge is 0.481 e. The number of alkyl carbamates (subject to hydrolysis) is 1. The minimum Gasteiger partial charge on any atom is -0.481 e. The van der Waals surface area contributed by atoms with Crippen LogP contribution >= 0.6 is 0 Å². The molecule has 2 unspecified atom stereocenters. The number of aliphatic carboxylic acids is 1. The molecule has 8 nitrogen and oxygen atoms in total. The third-order valence-corrected chi connectivity index (χ3v) is 6.13. The van der Waals surface area contributed by atoms with Gasteiger partial charge in [0.1, 0.15) is 12.6 Å². The van der Waals surface area contributed by atoms with Crippen LogP contribution in [0.25, 0.3) is 11.1 Å². The second-order valence-electron chi connectivity index (χ2n) is 9.69. The Bertz CT molecular complexity index is 1010. The molecule has 8 heteroatoms. The molecule has 3 rings (SSSR count). The van der Waals surface area contributed by atoms with Crippen LogP contribution in [0, 0.1) is 11.8 Å². The topological polar surface area (TPSA) is 108 Å². The van der Waals surface area contributed by atoms with Crippen molar-refractivity contribution >= 4 is 18.0 Å². The van der Waals surface area contributed by atoms with Crippen LogP contribution in [0.5, 0.6) is 0 Å². The minimum atomic E-state index is -0.951. The summed E-state index contributed by atoms with van der Waals surface area (Å²) >= 11 is 0. The fourth-order valence-electron chi connectivity index (χ4n) is 4.53. The smallest absolute Gasteiger partial charge is 0.407 e. The molecule has 2 amide bonds. The number of fused-ring (bicyclic) bond motifs is 3. The lowest BCUT2D eigenvalue weighted by Gasteiger charge is -2.23. The van der Waals surface area contributed by atoms with E-state index < -0.39 is 29.9 Å². The summed E-state index contributed by atoms with van der Waals surface area (Å²) in [7, 11) is 3.58. The number of rotatable bonds is 11. The molecule has 1 aliphatic carbocycles. The van der Waals surface area contributed by atoms with Gasteiger partial charge in [-0.25, -0.2) is 4.79 Å². The number of nitrogens with one attached hydrogen (secondary N) is 2. The first kappa shape index (κ1) is 26.2. The van der Waals surface area contributed by atoms with E-state index in [9.17, 15) is 19.5 Å². The van der Waals surface area contributed by atoms with E-state index in [-0.39, 0.29) is 31.5 Å². The van der Waals surface area contributed by atoms with Crippen molar-refractivity contribution in [1.29, 1.82) is 0 Å². The van der Waals surface area contributed by atoms with E-state index in [1.807, 2.05) is 50.2 Å². The Hall–Kier alpha value is -3.39. The Labute approximate surface area is 206 Å². The summed E-state index contributed by atoms with van der Waals surface area (Å²) in [6.07, 6.45) is -0.237. The second-order valence-corrected chi connectivity index (χ2v) is 9.69. The molecule has 0 radical (unpaired) electrons. The van der Waals surface area contributed by atoms with Crippen LogP contribution in [-0.4, -0.2) is 67.8 Å². The Morgan fingerprint density at radius 2 is 1.57 bits per heavy atom. The Morgan fingerprint density at radius 1 is 1.00 bits per heavy atom. The summed E-state index contributed by atoms with van der Waals surface area (Å²) in [5, 5.41) is 14.8. The van der Waals surface area contributed by atoms with E-state index in [0.29, 0.717) is 6.42 Å². The molecular formula is C27H35N3O5. The number of amides is 2. The number of benzene rings is 2. The van der Waals surface area contributed by atoms with Crippen LogP contribution in [0.3, 0.4) is 0 Å². The zero-order chi connectivity index (χ0) is 25.5. The van der Waals surface area contributed by atoms with Crippen LogP contribution in [0.2, 0.25) is 0 Å². The number of carboxylic acids is 1. The van der Waals surface area contributed by atoms with Gasteiger partial charge in [-0.05, 0) is 48.7 Å². The van der Waals surface area contributed by atoms with Crippen LogP contribution in [0.15, 0.2) is 48.5 Å². The third kappa shape index (κ3) is 6.82. The van der Waals surface area contributed by atoms with Crippen LogP contribution in [0.1, 0.15) is 37.3 Å². The first-order valence-corrected chi connectivity index (χ1v) is 11.9. The number of hydrogen-bond donors (Lipinski definition) is 3. The molecule has 3 N–H and O–H groups in total. The Balaban J connectivity index is 1.62. The van der Waals surface area contributed by atoms with Crippen molar-refractivity contribution in [3.63, 3.8) is 0 Å². The summed E-state index contributed by atoms with van der Waals surface area (Å²) in [4.78, 5) is 38.8. The normalized spacial score (nSPS) is 14.2. The van der Waals surface area contributed by atoms with Gasteiger partial charge in [0.05, 0.1) is 5.92 Å². The molecule has 35 heavy (non-hydrogen) atoms. The number of carboxylic acid groups (broad SMARTS) is 1. The van der Waals surface area contributed by atoms with Crippen molar-refractivity contribution in [2.24, 2.45) is 11.8 Å². The maximum Gasteiger partial charge on any atom is 0.407 e. The Morgan fingerprint density at radius 3 is 2.09 bits per heavy atom. The first-order valence-electron chi connectivity index (χ1n) is 11.9. The lowest BCUT2D eigenvalue weighted by atomic mass is 9.97. The quantitative estimate of drug-likeness (QED) is 0.454. The molecule has 2 aromatic rings. The third-order valence-electron chi connectivity index (χ3n) is 6.13. The number of ether oxygens (including phenoxy) is 1. The predicted molar refractivity (Wildman–Crippen MR) is 134 cm³/mol. The van der Waals surface area contributed by atoms with Crippen LogP contribution in [0.4, 0.5) is 4.79 Å². The lowest BCUT2D eigenvalue weighted by molar-refractivity contribution is -0.142. The van der Waals surface area contributed by atoms with Crippen LogP contribution in [-0.2, 0) is 14.3 Å². The fraction of sp³-hybridized carbons (Fsp3) is 0.444. The zero-order valence-electron chi connectivity index (χ0n) is 20.8. The van der Waals surface area contributed by atoms with Gasteiger partial charge in [0.15, 0.2) is 0 Å². The predicted octanol–water partition coefficient (Wildman–Crippen LogP) is 3.32. The molecule has 188 valence electrons. The molecule has 0 fully saturated rings. The summed E-state index contributed by atoms with van der Waals surface area (Å²) in [5.74, 6) is -1.98. The van der Waals surface area contributed by atoms with Crippen LogP contribution < -0.4 is 10.6 Å². The molecule has 0 aliphatic heterocycles. The molecule has 1 aliphatic rings. The highest BCUT2D eigenvalue weighted by molar-refractivity contribution is 5.86. The highest BCUT2D eigenvalue weighted by Crippen LogP contribution is 2.44. The van der Waals surface area contributed by atoms with E-state index in [1.165, 1.54) is 0 Å². The number of hydrogen-bond acceptors (Lipinski definition) is 5. The standard InChI is InChI=1S/C27H35N3O5/c1-17(2)13-18(26(32)33)14-28-25(31)24(15-30(3)4)29-27(34)35-16-23-21-11-7-5-9-19(21)20-10-6-8-12-22(20)23/h5-12,17-18,23-24H,13-16H2,1-4H3,(H,28,31)(H,29,34)(H,32,33). The van der Waals surface area contributed by atoms with Crippen molar-refractivity contribution in [1.82, 2.24) is 15.5 Å². The number of carbonyl (C=O) groups is 3. The van der Waals surface area contributed by atoms with Crippen molar-refractivity contribution in [2.45, 2.75) is 32.2 Å². The molecular weight excluding hydrogens is 446 g/mol. The van der Waals surface area contributed by atoms with Gasteiger partial charge >= 0.3 is 12.1 Å². The SMILES string of the molecule is CC(C)CC(CNC(=O)C(CN(C)C)NC(=O)OCC1c2ccccc2-c2ccccc21)C(=O)O. The summed E-state index contributed by atoms with van der Waals surface area (Å²) in [5.41, 5.74) is 4.48. The molecule has 2 aromatic carbocycles. The van der Waals surface area contributed by atoms with E-state index in [1.54, 1.807) is 19.0 Å². The molecule has 0 saturated carbocycles. The maximum atomic E-state index is 12.8. The number of carbonyl (C=O) groups excluding carboxylic acids is 2. The van der Waals surface area contributed by atoms with Gasteiger partial charge < -0.3 is 25.4 Å². The average Bonchev–Trinajstić information content (AvgIpc) is 3.13. The summed E-state index contributed by atoms with van der Waals surface area (Å²) < 4.78 is 5.58.